The molecule has 104 valence electrons. The highest BCUT2D eigenvalue weighted by molar-refractivity contribution is 5.96. The molecule has 1 N–H and O–H groups in total. The summed E-state index contributed by atoms with van der Waals surface area (Å²) in [7, 11) is 0. The number of nitrogens with zero attached hydrogens (tertiary/aromatic N) is 1. The third kappa shape index (κ3) is 4.53. The van der Waals surface area contributed by atoms with Gasteiger partial charge in [-0.1, -0.05) is 6.07 Å². The summed E-state index contributed by atoms with van der Waals surface area (Å²) in [6.07, 6.45) is 0. The average molecular weight is 273 g/mol. The molecule has 0 saturated carbocycles. The van der Waals surface area contributed by atoms with E-state index in [2.05, 4.69) is 4.74 Å². The first-order valence-electron chi connectivity index (χ1n) is 5.50. The quantitative estimate of drug-likeness (QED) is 0.858. The molecule has 1 aromatic carbocycles. The number of carboxylic acids is 1. The second-order valence-corrected chi connectivity index (χ2v) is 3.62. The maximum atomic E-state index is 12.1. The largest absolute Gasteiger partial charge is 0.480 e. The van der Waals surface area contributed by atoms with Gasteiger partial charge in [0.1, 0.15) is 12.3 Å². The van der Waals surface area contributed by atoms with Crippen LogP contribution in [-0.2, 0) is 4.79 Å². The van der Waals surface area contributed by atoms with Gasteiger partial charge in [-0.15, -0.1) is 0 Å². The zero-order chi connectivity index (χ0) is 14.4. The van der Waals surface area contributed by atoms with Gasteiger partial charge < -0.3 is 14.7 Å². The lowest BCUT2D eigenvalue weighted by Crippen LogP contribution is -2.35. The van der Waals surface area contributed by atoms with Gasteiger partial charge in [0.2, 0.25) is 0 Å². The highest BCUT2D eigenvalue weighted by Crippen LogP contribution is 2.17. The Hall–Kier alpha value is -2.18. The Kier molecular flexibility index (Phi) is 5.23. The van der Waals surface area contributed by atoms with Crippen molar-refractivity contribution in [2.75, 3.05) is 13.1 Å². The van der Waals surface area contributed by atoms with Crippen LogP contribution in [0.1, 0.15) is 17.3 Å². The van der Waals surface area contributed by atoms with Gasteiger partial charge in [0.15, 0.2) is 0 Å². The lowest BCUT2D eigenvalue weighted by Gasteiger charge is -2.18. The number of aliphatic carboxylic acids is 1. The summed E-state index contributed by atoms with van der Waals surface area (Å²) in [5.74, 6) is -1.84. The van der Waals surface area contributed by atoms with E-state index in [9.17, 15) is 18.4 Å². The Bertz CT molecular complexity index is 465. The minimum Gasteiger partial charge on any atom is -0.480 e. The number of halogens is 2. The molecule has 0 fully saturated rings. The molecule has 7 heteroatoms. The Morgan fingerprint density at radius 2 is 2.11 bits per heavy atom. The van der Waals surface area contributed by atoms with E-state index >= 15 is 0 Å². The number of carbonyl (C=O) groups excluding carboxylic acids is 1. The number of alkyl halides is 2. The van der Waals surface area contributed by atoms with E-state index in [0.29, 0.717) is 0 Å². The molecular weight excluding hydrogens is 260 g/mol. The summed E-state index contributed by atoms with van der Waals surface area (Å²) in [5, 5.41) is 8.67. The Labute approximate surface area is 108 Å². The number of carboxylic acid groups (broad SMARTS) is 1. The zero-order valence-electron chi connectivity index (χ0n) is 10.2. The first-order chi connectivity index (χ1) is 8.93. The molecule has 5 nitrogen and oxygen atoms in total. The first kappa shape index (κ1) is 14.9. The summed E-state index contributed by atoms with van der Waals surface area (Å²) >= 11 is 0. The van der Waals surface area contributed by atoms with Crippen LogP contribution >= 0.6 is 0 Å². The fourth-order valence-electron chi connectivity index (χ4n) is 1.48. The number of ether oxygens (including phenoxy) is 1. The smallest absolute Gasteiger partial charge is 0.387 e. The molecule has 0 atom stereocenters. The number of rotatable bonds is 6. The van der Waals surface area contributed by atoms with Crippen LogP contribution in [0.5, 0.6) is 5.75 Å². The SMILES string of the molecule is CCN(CC(=O)O)C(=O)c1cccc(OC(F)F)c1. The standard InChI is InChI=1S/C12H13F2NO4/c1-2-15(7-10(16)17)11(18)8-4-3-5-9(6-8)19-12(13)14/h3-6,12H,2,7H2,1H3,(H,16,17). The van der Waals surface area contributed by atoms with Crippen molar-refractivity contribution in [2.24, 2.45) is 0 Å². The maximum absolute atomic E-state index is 12.1. The predicted molar refractivity (Wildman–Crippen MR) is 62.3 cm³/mol. The molecule has 1 amide bonds. The fraction of sp³-hybridized carbons (Fsp3) is 0.333. The molecule has 0 aromatic heterocycles. The number of benzene rings is 1. The highest BCUT2D eigenvalue weighted by Gasteiger charge is 2.17. The van der Waals surface area contributed by atoms with Crippen LogP contribution in [0.3, 0.4) is 0 Å². The highest BCUT2D eigenvalue weighted by atomic mass is 19.3. The van der Waals surface area contributed by atoms with Gasteiger partial charge in [-0.05, 0) is 25.1 Å². The van der Waals surface area contributed by atoms with E-state index in [1.54, 1.807) is 6.92 Å². The molecule has 0 aliphatic rings. The molecule has 0 saturated heterocycles. The van der Waals surface area contributed by atoms with Gasteiger partial charge in [0, 0.05) is 12.1 Å². The van der Waals surface area contributed by atoms with Crippen molar-refractivity contribution in [3.8, 4) is 5.75 Å². The van der Waals surface area contributed by atoms with Crippen LogP contribution < -0.4 is 4.74 Å². The first-order valence-corrected chi connectivity index (χ1v) is 5.50. The van der Waals surface area contributed by atoms with E-state index < -0.39 is 25.0 Å². The van der Waals surface area contributed by atoms with Crippen molar-refractivity contribution in [1.82, 2.24) is 4.90 Å². The summed E-state index contributed by atoms with van der Waals surface area (Å²) in [4.78, 5) is 23.7. The number of amides is 1. The molecule has 1 aromatic rings. The van der Waals surface area contributed by atoms with Crippen LogP contribution in [0.2, 0.25) is 0 Å². The van der Waals surface area contributed by atoms with E-state index in [4.69, 9.17) is 5.11 Å². The van der Waals surface area contributed by atoms with Crippen LogP contribution in [0.25, 0.3) is 0 Å². The van der Waals surface area contributed by atoms with Crippen molar-refractivity contribution in [2.45, 2.75) is 13.5 Å². The molecule has 0 bridgehead atoms. The molecule has 0 unspecified atom stereocenters. The lowest BCUT2D eigenvalue weighted by atomic mass is 10.2. The minimum absolute atomic E-state index is 0.0984. The van der Waals surface area contributed by atoms with Gasteiger partial charge in [0.05, 0.1) is 0 Å². The molecule has 1 rings (SSSR count). The normalized spacial score (nSPS) is 10.3. The third-order valence-electron chi connectivity index (χ3n) is 2.30. The third-order valence-corrected chi connectivity index (χ3v) is 2.30. The lowest BCUT2D eigenvalue weighted by molar-refractivity contribution is -0.137. The fourth-order valence-corrected chi connectivity index (χ4v) is 1.48. The van der Waals surface area contributed by atoms with E-state index in [0.717, 1.165) is 11.0 Å². The number of hydrogen-bond acceptors (Lipinski definition) is 3. The second-order valence-electron chi connectivity index (χ2n) is 3.62. The monoisotopic (exact) mass is 273 g/mol. The van der Waals surface area contributed by atoms with Gasteiger partial charge in [0.25, 0.3) is 5.91 Å². The average Bonchev–Trinajstić information content (AvgIpc) is 2.34. The Morgan fingerprint density at radius 3 is 2.63 bits per heavy atom. The minimum atomic E-state index is -2.98. The van der Waals surface area contributed by atoms with Gasteiger partial charge in [-0.3, -0.25) is 9.59 Å². The topological polar surface area (TPSA) is 66.8 Å². The Balaban J connectivity index is 2.88. The van der Waals surface area contributed by atoms with Crippen LogP contribution in [-0.4, -0.2) is 41.6 Å². The molecular formula is C12H13F2NO4. The van der Waals surface area contributed by atoms with E-state index in [1.165, 1.54) is 18.2 Å². The molecule has 0 spiro atoms. The molecule has 0 heterocycles. The summed E-state index contributed by atoms with van der Waals surface area (Å²) in [5.41, 5.74) is 0.0984. The summed E-state index contributed by atoms with van der Waals surface area (Å²) in [6.45, 7) is -1.60. The van der Waals surface area contributed by atoms with Gasteiger partial charge >= 0.3 is 12.6 Å². The van der Waals surface area contributed by atoms with Crippen molar-refractivity contribution >= 4 is 11.9 Å². The van der Waals surface area contributed by atoms with Crippen molar-refractivity contribution in [3.05, 3.63) is 29.8 Å². The second kappa shape index (κ2) is 6.67. The molecule has 0 radical (unpaired) electrons. The predicted octanol–water partition coefficient (Wildman–Crippen LogP) is 1.83. The van der Waals surface area contributed by atoms with Crippen molar-refractivity contribution in [1.29, 1.82) is 0 Å². The Morgan fingerprint density at radius 1 is 1.42 bits per heavy atom. The summed E-state index contributed by atoms with van der Waals surface area (Å²) in [6, 6.07) is 5.24. The number of likely N-dealkylation sites (N-methyl/N-ethyl adjacent to an activating group) is 1. The number of hydrogen-bond donors (Lipinski definition) is 1. The van der Waals surface area contributed by atoms with Crippen LogP contribution in [0.15, 0.2) is 24.3 Å². The molecule has 0 aliphatic heterocycles. The number of carbonyl (C=O) groups is 2. The molecule has 0 aliphatic carbocycles. The maximum Gasteiger partial charge on any atom is 0.387 e. The van der Waals surface area contributed by atoms with Gasteiger partial charge in [-0.25, -0.2) is 0 Å². The zero-order valence-corrected chi connectivity index (χ0v) is 10.2. The van der Waals surface area contributed by atoms with E-state index in [-0.39, 0.29) is 17.9 Å². The van der Waals surface area contributed by atoms with Crippen molar-refractivity contribution < 1.29 is 28.2 Å². The van der Waals surface area contributed by atoms with Crippen LogP contribution in [0, 0.1) is 0 Å². The van der Waals surface area contributed by atoms with E-state index in [1.807, 2.05) is 0 Å². The van der Waals surface area contributed by atoms with Gasteiger partial charge in [-0.2, -0.15) is 8.78 Å². The van der Waals surface area contributed by atoms with Crippen LogP contribution in [0.4, 0.5) is 8.78 Å². The summed E-state index contributed by atoms with van der Waals surface area (Å²) < 4.78 is 28.3. The molecule has 19 heavy (non-hydrogen) atoms. The van der Waals surface area contributed by atoms with Crippen molar-refractivity contribution in [3.63, 3.8) is 0 Å².